The molecule has 3 rings (SSSR count). The maximum atomic E-state index is 11.8. The highest BCUT2D eigenvalue weighted by Gasteiger charge is 2.15. The quantitative estimate of drug-likeness (QED) is 0.706. The Hall–Kier alpha value is -2.10. The number of hydrogen-bond donors (Lipinski definition) is 1. The van der Waals surface area contributed by atoms with Crippen LogP contribution in [0.25, 0.3) is 11.0 Å². The fourth-order valence-electron chi connectivity index (χ4n) is 1.84. The maximum absolute atomic E-state index is 11.8. The number of rotatable bonds is 0. The Bertz CT molecular complexity index is 595. The fraction of sp³-hybridized carbons (Fsp3) is 0.0909. The molecule has 1 aromatic heterocycles. The van der Waals surface area contributed by atoms with Gasteiger partial charge >= 0.3 is 0 Å². The van der Waals surface area contributed by atoms with Gasteiger partial charge in [-0.05, 0) is 19.1 Å². The van der Waals surface area contributed by atoms with Crippen molar-refractivity contribution >= 4 is 22.6 Å². The van der Waals surface area contributed by atoms with Gasteiger partial charge in [0.1, 0.15) is 6.33 Å². The van der Waals surface area contributed by atoms with E-state index in [0.29, 0.717) is 0 Å². The first kappa shape index (κ1) is 8.23. The zero-order valence-electron chi connectivity index (χ0n) is 8.19. The molecule has 0 radical (unpaired) electrons. The van der Waals surface area contributed by atoms with E-state index in [-0.39, 0.29) is 5.91 Å². The fourth-order valence-corrected chi connectivity index (χ4v) is 1.84. The largest absolute Gasteiger partial charge is 0.357 e. The lowest BCUT2D eigenvalue weighted by Crippen LogP contribution is -2.04. The zero-order valence-corrected chi connectivity index (χ0v) is 8.19. The summed E-state index contributed by atoms with van der Waals surface area (Å²) >= 11 is 0. The van der Waals surface area contributed by atoms with Crippen molar-refractivity contribution in [2.45, 2.75) is 6.92 Å². The van der Waals surface area contributed by atoms with Gasteiger partial charge in [0, 0.05) is 11.8 Å². The minimum Gasteiger partial charge on any atom is -0.357 e. The summed E-state index contributed by atoms with van der Waals surface area (Å²) in [6, 6.07) is 5.76. The number of anilines is 1. The van der Waals surface area contributed by atoms with E-state index in [1.807, 2.05) is 25.1 Å². The molecule has 2 heterocycles. The van der Waals surface area contributed by atoms with Gasteiger partial charge in [0.15, 0.2) is 0 Å². The van der Waals surface area contributed by atoms with Gasteiger partial charge in [0.05, 0.1) is 16.7 Å². The van der Waals surface area contributed by atoms with E-state index in [1.54, 1.807) is 17.0 Å². The van der Waals surface area contributed by atoms with Crippen LogP contribution in [0.4, 0.5) is 5.69 Å². The first-order chi connectivity index (χ1) is 7.25. The minimum absolute atomic E-state index is 0.0625. The van der Waals surface area contributed by atoms with Gasteiger partial charge < -0.3 is 5.32 Å². The molecule has 0 atom stereocenters. The van der Waals surface area contributed by atoms with Crippen molar-refractivity contribution in [2.75, 3.05) is 5.32 Å². The molecule has 1 aliphatic rings. The molecule has 0 saturated carbocycles. The normalized spacial score (nSPS) is 14.7. The third-order valence-corrected chi connectivity index (χ3v) is 2.48. The Morgan fingerprint density at radius 1 is 1.40 bits per heavy atom. The van der Waals surface area contributed by atoms with Crippen molar-refractivity contribution in [3.8, 4) is 0 Å². The topological polar surface area (TPSA) is 46.9 Å². The van der Waals surface area contributed by atoms with E-state index in [2.05, 4.69) is 10.3 Å². The molecule has 4 nitrogen and oxygen atoms in total. The number of carbonyl (C=O) groups excluding carboxylic acids is 1. The van der Waals surface area contributed by atoms with Gasteiger partial charge in [-0.3, -0.25) is 9.36 Å². The number of benzene rings is 1. The Balaban J connectivity index is 2.44. The van der Waals surface area contributed by atoms with Crippen LogP contribution in [0.5, 0.6) is 0 Å². The second-order valence-electron chi connectivity index (χ2n) is 3.58. The predicted octanol–water partition coefficient (Wildman–Crippen LogP) is 2.01. The second-order valence-corrected chi connectivity index (χ2v) is 3.58. The molecule has 4 heteroatoms. The van der Waals surface area contributed by atoms with Gasteiger partial charge in [-0.25, -0.2) is 4.98 Å². The van der Waals surface area contributed by atoms with Crippen LogP contribution < -0.4 is 5.32 Å². The van der Waals surface area contributed by atoms with Gasteiger partial charge in [0.25, 0.3) is 5.91 Å². The number of aromatic nitrogens is 2. The van der Waals surface area contributed by atoms with Gasteiger partial charge in [0.2, 0.25) is 0 Å². The summed E-state index contributed by atoms with van der Waals surface area (Å²) in [5.41, 5.74) is 3.44. The zero-order chi connectivity index (χ0) is 10.4. The summed E-state index contributed by atoms with van der Waals surface area (Å²) in [6.07, 6.45) is 3.13. The molecule has 74 valence electrons. The van der Waals surface area contributed by atoms with Crippen molar-refractivity contribution < 1.29 is 4.79 Å². The predicted molar refractivity (Wildman–Crippen MR) is 57.7 cm³/mol. The van der Waals surface area contributed by atoms with Crippen LogP contribution in [0.3, 0.4) is 0 Å². The SMILES string of the molecule is CC1=CC(=O)n2cnc3cccc(c32)N1. The van der Waals surface area contributed by atoms with Crippen molar-refractivity contribution in [2.24, 2.45) is 0 Å². The van der Waals surface area contributed by atoms with Crippen molar-refractivity contribution in [1.82, 2.24) is 9.55 Å². The number of hydrogen-bond acceptors (Lipinski definition) is 3. The molecule has 0 unspecified atom stereocenters. The second kappa shape index (κ2) is 2.70. The number of nitrogens with one attached hydrogen (secondary N) is 1. The van der Waals surface area contributed by atoms with E-state index < -0.39 is 0 Å². The lowest BCUT2D eigenvalue weighted by atomic mass is 10.2. The van der Waals surface area contributed by atoms with Crippen LogP contribution in [-0.4, -0.2) is 15.5 Å². The Morgan fingerprint density at radius 2 is 2.27 bits per heavy atom. The summed E-state index contributed by atoms with van der Waals surface area (Å²) in [4.78, 5) is 16.0. The summed E-state index contributed by atoms with van der Waals surface area (Å²) < 4.78 is 1.56. The summed E-state index contributed by atoms with van der Waals surface area (Å²) in [6.45, 7) is 1.87. The van der Waals surface area contributed by atoms with Gasteiger partial charge in [-0.1, -0.05) is 6.07 Å². The summed E-state index contributed by atoms with van der Waals surface area (Å²) in [5.74, 6) is -0.0625. The van der Waals surface area contributed by atoms with E-state index in [4.69, 9.17) is 0 Å². The summed E-state index contributed by atoms with van der Waals surface area (Å²) in [7, 11) is 0. The highest BCUT2D eigenvalue weighted by atomic mass is 16.1. The number of nitrogens with zero attached hydrogens (tertiary/aromatic N) is 2. The van der Waals surface area contributed by atoms with Crippen molar-refractivity contribution in [3.05, 3.63) is 36.3 Å². The Labute approximate surface area is 86.2 Å². The lowest BCUT2D eigenvalue weighted by Gasteiger charge is -2.04. The molecule has 2 aromatic rings. The van der Waals surface area contributed by atoms with Crippen LogP contribution >= 0.6 is 0 Å². The number of imidazole rings is 1. The highest BCUT2D eigenvalue weighted by Crippen LogP contribution is 2.25. The highest BCUT2D eigenvalue weighted by molar-refractivity contribution is 6.03. The molecular formula is C11H9N3O. The van der Waals surface area contributed by atoms with Gasteiger partial charge in [-0.2, -0.15) is 0 Å². The van der Waals surface area contributed by atoms with Crippen LogP contribution in [0, 0.1) is 0 Å². The standard InChI is InChI=1S/C11H9N3O/c1-7-5-10(15)14-6-12-8-3-2-4-9(13-7)11(8)14/h2-6,13H,1H3. The third kappa shape index (κ3) is 1.08. The molecule has 1 N–H and O–H groups in total. The van der Waals surface area contributed by atoms with E-state index >= 15 is 0 Å². The average Bonchev–Trinajstić information content (AvgIpc) is 2.56. The Morgan fingerprint density at radius 3 is 3.13 bits per heavy atom. The lowest BCUT2D eigenvalue weighted by molar-refractivity contribution is 0.0973. The Kier molecular flexibility index (Phi) is 1.48. The molecule has 0 aliphatic carbocycles. The molecule has 1 aromatic carbocycles. The van der Waals surface area contributed by atoms with E-state index in [0.717, 1.165) is 22.4 Å². The van der Waals surface area contributed by atoms with Crippen LogP contribution in [0.2, 0.25) is 0 Å². The first-order valence-corrected chi connectivity index (χ1v) is 4.71. The van der Waals surface area contributed by atoms with Crippen molar-refractivity contribution in [3.63, 3.8) is 0 Å². The van der Waals surface area contributed by atoms with E-state index in [9.17, 15) is 4.79 Å². The van der Waals surface area contributed by atoms with E-state index in [1.165, 1.54) is 0 Å². The molecule has 0 spiro atoms. The minimum atomic E-state index is -0.0625. The smallest absolute Gasteiger partial charge is 0.258 e. The molecule has 0 fully saturated rings. The molecule has 1 aliphatic heterocycles. The third-order valence-electron chi connectivity index (χ3n) is 2.48. The first-order valence-electron chi connectivity index (χ1n) is 4.71. The van der Waals surface area contributed by atoms with Crippen LogP contribution in [-0.2, 0) is 0 Å². The molecule has 0 bridgehead atoms. The summed E-state index contributed by atoms with van der Waals surface area (Å²) in [5, 5.41) is 3.18. The maximum Gasteiger partial charge on any atom is 0.258 e. The molecule has 0 amide bonds. The van der Waals surface area contributed by atoms with Crippen LogP contribution in [0.1, 0.15) is 11.7 Å². The number of carbonyl (C=O) groups is 1. The van der Waals surface area contributed by atoms with Crippen LogP contribution in [0.15, 0.2) is 36.3 Å². The monoisotopic (exact) mass is 199 g/mol. The molecule has 0 saturated heterocycles. The number of para-hydroxylation sites is 1. The average molecular weight is 199 g/mol. The number of allylic oxidation sites excluding steroid dienone is 2. The molecular weight excluding hydrogens is 190 g/mol. The molecule has 15 heavy (non-hydrogen) atoms. The van der Waals surface area contributed by atoms with Gasteiger partial charge in [-0.15, -0.1) is 0 Å². The van der Waals surface area contributed by atoms with Crippen molar-refractivity contribution in [1.29, 1.82) is 0 Å².